The van der Waals surface area contributed by atoms with Gasteiger partial charge in [-0.05, 0) is 47.3 Å². The SMILES string of the molecule is CCNC(=NCC(C)N1CCOCC1)NCCCCCCCN(C)C. The molecule has 148 valence electrons. The summed E-state index contributed by atoms with van der Waals surface area (Å²) in [7, 11) is 4.29. The lowest BCUT2D eigenvalue weighted by atomic mass is 10.1. The highest BCUT2D eigenvalue weighted by atomic mass is 16.5. The fourth-order valence-corrected chi connectivity index (χ4v) is 2.99. The second kappa shape index (κ2) is 14.3. The molecule has 0 aliphatic carbocycles. The van der Waals surface area contributed by atoms with Crippen LogP contribution >= 0.6 is 0 Å². The second-order valence-electron chi connectivity index (χ2n) is 7.21. The fourth-order valence-electron chi connectivity index (χ4n) is 2.99. The zero-order valence-electron chi connectivity index (χ0n) is 17.0. The van der Waals surface area contributed by atoms with E-state index in [9.17, 15) is 0 Å². The number of hydrogen-bond donors (Lipinski definition) is 2. The number of guanidine groups is 1. The molecule has 0 aromatic heterocycles. The van der Waals surface area contributed by atoms with Crippen LogP contribution in [0.1, 0.15) is 46.0 Å². The van der Waals surface area contributed by atoms with Gasteiger partial charge in [0.25, 0.3) is 0 Å². The highest BCUT2D eigenvalue weighted by Crippen LogP contribution is 2.04. The Morgan fingerprint density at radius 1 is 1.08 bits per heavy atom. The molecule has 0 aromatic rings. The Labute approximate surface area is 155 Å². The molecule has 1 fully saturated rings. The maximum absolute atomic E-state index is 5.42. The van der Waals surface area contributed by atoms with Crippen molar-refractivity contribution in [1.29, 1.82) is 0 Å². The Morgan fingerprint density at radius 2 is 1.76 bits per heavy atom. The highest BCUT2D eigenvalue weighted by Gasteiger charge is 2.16. The molecule has 1 aliphatic heterocycles. The van der Waals surface area contributed by atoms with Crippen LogP contribution < -0.4 is 10.6 Å². The zero-order chi connectivity index (χ0) is 18.3. The lowest BCUT2D eigenvalue weighted by Crippen LogP contribution is -2.44. The number of nitrogens with zero attached hydrogens (tertiary/aromatic N) is 3. The summed E-state index contributed by atoms with van der Waals surface area (Å²) in [6.07, 6.45) is 6.49. The predicted molar refractivity (Wildman–Crippen MR) is 107 cm³/mol. The molecular weight excluding hydrogens is 314 g/mol. The molecule has 0 radical (unpaired) electrons. The van der Waals surface area contributed by atoms with Gasteiger partial charge < -0.3 is 20.3 Å². The van der Waals surface area contributed by atoms with Gasteiger partial charge in [-0.15, -0.1) is 0 Å². The van der Waals surface area contributed by atoms with E-state index < -0.39 is 0 Å². The van der Waals surface area contributed by atoms with Crippen molar-refractivity contribution < 1.29 is 4.74 Å². The second-order valence-corrected chi connectivity index (χ2v) is 7.21. The highest BCUT2D eigenvalue weighted by molar-refractivity contribution is 5.79. The van der Waals surface area contributed by atoms with Crippen LogP contribution in [0.25, 0.3) is 0 Å². The fraction of sp³-hybridized carbons (Fsp3) is 0.947. The molecular formula is C19H41N5O. The van der Waals surface area contributed by atoms with Crippen LogP contribution in [0.15, 0.2) is 4.99 Å². The van der Waals surface area contributed by atoms with Crippen molar-refractivity contribution in [3.8, 4) is 0 Å². The molecule has 1 saturated heterocycles. The van der Waals surface area contributed by atoms with E-state index in [2.05, 4.69) is 48.4 Å². The van der Waals surface area contributed by atoms with Crippen LogP contribution in [0.4, 0.5) is 0 Å². The Morgan fingerprint density at radius 3 is 2.44 bits per heavy atom. The minimum Gasteiger partial charge on any atom is -0.379 e. The van der Waals surface area contributed by atoms with Crippen LogP contribution in [0.3, 0.4) is 0 Å². The smallest absolute Gasteiger partial charge is 0.191 e. The van der Waals surface area contributed by atoms with Crippen molar-refractivity contribution in [3.63, 3.8) is 0 Å². The average Bonchev–Trinajstić information content (AvgIpc) is 2.62. The minimum absolute atomic E-state index is 0.469. The summed E-state index contributed by atoms with van der Waals surface area (Å²) in [5, 5.41) is 6.83. The molecule has 6 heteroatoms. The Kier molecular flexibility index (Phi) is 12.7. The van der Waals surface area contributed by atoms with Crippen LogP contribution in [0.5, 0.6) is 0 Å². The molecule has 1 atom stereocenters. The van der Waals surface area contributed by atoms with E-state index in [1.54, 1.807) is 0 Å². The molecule has 25 heavy (non-hydrogen) atoms. The number of unbranched alkanes of at least 4 members (excludes halogenated alkanes) is 4. The van der Waals surface area contributed by atoms with Crippen molar-refractivity contribution >= 4 is 5.96 Å². The maximum atomic E-state index is 5.42. The summed E-state index contributed by atoms with van der Waals surface area (Å²) in [6.45, 7) is 12.1. The molecule has 0 bridgehead atoms. The first-order chi connectivity index (χ1) is 12.1. The first-order valence-corrected chi connectivity index (χ1v) is 10.1. The summed E-state index contributed by atoms with van der Waals surface area (Å²) >= 11 is 0. The molecule has 1 rings (SSSR count). The van der Waals surface area contributed by atoms with Crippen molar-refractivity contribution in [2.24, 2.45) is 4.99 Å². The van der Waals surface area contributed by atoms with E-state index in [-0.39, 0.29) is 0 Å². The third-order valence-corrected chi connectivity index (χ3v) is 4.60. The number of rotatable bonds is 12. The van der Waals surface area contributed by atoms with E-state index in [0.29, 0.717) is 6.04 Å². The zero-order valence-corrected chi connectivity index (χ0v) is 17.0. The lowest BCUT2D eigenvalue weighted by Gasteiger charge is -2.31. The van der Waals surface area contributed by atoms with Gasteiger partial charge in [0.05, 0.1) is 19.8 Å². The molecule has 1 aliphatic rings. The monoisotopic (exact) mass is 355 g/mol. The molecule has 0 aromatic carbocycles. The molecule has 0 saturated carbocycles. The molecule has 1 unspecified atom stereocenters. The summed E-state index contributed by atoms with van der Waals surface area (Å²) in [5.41, 5.74) is 0. The first kappa shape index (κ1) is 22.2. The van der Waals surface area contributed by atoms with Crippen molar-refractivity contribution in [1.82, 2.24) is 20.4 Å². The summed E-state index contributed by atoms with van der Waals surface area (Å²) < 4.78 is 5.42. The standard InChI is InChI=1S/C19H41N5O/c1-5-20-19(21-11-9-7-6-8-10-12-23(3)4)22-17-18(2)24-13-15-25-16-14-24/h18H,5-17H2,1-4H3,(H2,20,21,22). The quantitative estimate of drug-likeness (QED) is 0.317. The van der Waals surface area contributed by atoms with E-state index >= 15 is 0 Å². The van der Waals surface area contributed by atoms with Gasteiger partial charge in [0.1, 0.15) is 0 Å². The number of morpholine rings is 1. The van der Waals surface area contributed by atoms with Gasteiger partial charge >= 0.3 is 0 Å². The van der Waals surface area contributed by atoms with Gasteiger partial charge in [0.15, 0.2) is 5.96 Å². The van der Waals surface area contributed by atoms with E-state index in [4.69, 9.17) is 9.73 Å². The van der Waals surface area contributed by atoms with Crippen LogP contribution in [0, 0.1) is 0 Å². The Balaban J connectivity index is 2.15. The molecule has 6 nitrogen and oxygen atoms in total. The van der Waals surface area contributed by atoms with Gasteiger partial charge in [-0.25, -0.2) is 0 Å². The largest absolute Gasteiger partial charge is 0.379 e. The Hall–Kier alpha value is -0.850. The minimum atomic E-state index is 0.469. The third kappa shape index (κ3) is 11.4. The van der Waals surface area contributed by atoms with Crippen molar-refractivity contribution in [2.75, 3.05) is 66.6 Å². The van der Waals surface area contributed by atoms with Gasteiger partial charge in [-0.2, -0.15) is 0 Å². The maximum Gasteiger partial charge on any atom is 0.191 e. The molecule has 0 amide bonds. The van der Waals surface area contributed by atoms with Gasteiger partial charge in [-0.3, -0.25) is 9.89 Å². The lowest BCUT2D eigenvalue weighted by molar-refractivity contribution is 0.0220. The van der Waals surface area contributed by atoms with Crippen LogP contribution in [-0.2, 0) is 4.74 Å². The Bertz CT molecular complexity index is 343. The number of nitrogens with one attached hydrogen (secondary N) is 2. The molecule has 2 N–H and O–H groups in total. The van der Waals surface area contributed by atoms with E-state index in [0.717, 1.165) is 51.9 Å². The van der Waals surface area contributed by atoms with E-state index in [1.807, 2.05) is 0 Å². The predicted octanol–water partition coefficient (Wildman–Crippen LogP) is 1.77. The summed E-state index contributed by atoms with van der Waals surface area (Å²) in [5.74, 6) is 0.954. The van der Waals surface area contributed by atoms with Crippen LogP contribution in [-0.4, -0.2) is 88.4 Å². The van der Waals surface area contributed by atoms with Crippen molar-refractivity contribution in [2.45, 2.75) is 52.0 Å². The molecule has 0 spiro atoms. The number of aliphatic imine (C=N–C) groups is 1. The third-order valence-electron chi connectivity index (χ3n) is 4.60. The van der Waals surface area contributed by atoms with Gasteiger partial charge in [0.2, 0.25) is 0 Å². The van der Waals surface area contributed by atoms with Crippen LogP contribution in [0.2, 0.25) is 0 Å². The number of hydrogen-bond acceptors (Lipinski definition) is 4. The topological polar surface area (TPSA) is 52.1 Å². The molecule has 1 heterocycles. The normalized spacial score (nSPS) is 17.7. The first-order valence-electron chi connectivity index (χ1n) is 10.1. The van der Waals surface area contributed by atoms with Crippen molar-refractivity contribution in [3.05, 3.63) is 0 Å². The average molecular weight is 356 g/mol. The summed E-state index contributed by atoms with van der Waals surface area (Å²) in [6, 6.07) is 0.469. The summed E-state index contributed by atoms with van der Waals surface area (Å²) in [4.78, 5) is 9.49. The van der Waals surface area contributed by atoms with Gasteiger partial charge in [-0.1, -0.05) is 19.3 Å². The number of ether oxygens (including phenoxy) is 1. The van der Waals surface area contributed by atoms with Gasteiger partial charge in [0, 0.05) is 32.2 Å². The van der Waals surface area contributed by atoms with E-state index in [1.165, 1.54) is 38.6 Å².